The second-order valence-corrected chi connectivity index (χ2v) is 2.33. The first-order chi connectivity index (χ1) is 5.81. The molecule has 0 saturated carbocycles. The number of fused-ring (bicyclic) bond motifs is 1. The molecule has 0 bridgehead atoms. The van der Waals surface area contributed by atoms with Crippen LogP contribution in [0.25, 0.3) is 11.0 Å². The van der Waals surface area contributed by atoms with Gasteiger partial charge in [0.15, 0.2) is 17.6 Å². The smallest absolute Gasteiger partial charge is 0.172 e. The van der Waals surface area contributed by atoms with Gasteiger partial charge in [0.2, 0.25) is 0 Å². The van der Waals surface area contributed by atoms with Crippen LogP contribution in [0.4, 0.5) is 4.39 Å². The number of carbonyl (C=O) groups is 1. The molecule has 1 heterocycles. The van der Waals surface area contributed by atoms with Crippen LogP contribution in [0.5, 0.6) is 0 Å². The van der Waals surface area contributed by atoms with E-state index in [9.17, 15) is 9.18 Å². The number of benzene rings is 1. The molecule has 0 radical (unpaired) electrons. The number of carbonyl (C=O) groups excluding carboxylic acids is 1. The van der Waals surface area contributed by atoms with Crippen molar-refractivity contribution in [3.05, 3.63) is 29.7 Å². The minimum atomic E-state index is -0.409. The standard InChI is InChI=1S/C8H4FNO2/c9-5-1-2-8-6(3-5)7(4-11)10-12-8/h1-4H. The van der Waals surface area contributed by atoms with E-state index in [4.69, 9.17) is 4.52 Å². The van der Waals surface area contributed by atoms with Gasteiger partial charge in [0.1, 0.15) is 5.82 Å². The predicted octanol–water partition coefficient (Wildman–Crippen LogP) is 1.78. The van der Waals surface area contributed by atoms with Crippen molar-refractivity contribution in [2.45, 2.75) is 0 Å². The molecular weight excluding hydrogens is 161 g/mol. The topological polar surface area (TPSA) is 43.1 Å². The predicted molar refractivity (Wildman–Crippen MR) is 39.4 cm³/mol. The van der Waals surface area contributed by atoms with Gasteiger partial charge in [-0.2, -0.15) is 0 Å². The molecule has 2 rings (SSSR count). The average molecular weight is 165 g/mol. The first kappa shape index (κ1) is 6.97. The van der Waals surface area contributed by atoms with E-state index in [-0.39, 0.29) is 5.69 Å². The first-order valence-corrected chi connectivity index (χ1v) is 3.31. The van der Waals surface area contributed by atoms with E-state index in [0.717, 1.165) is 0 Å². The minimum Gasteiger partial charge on any atom is -0.356 e. The summed E-state index contributed by atoms with van der Waals surface area (Å²) >= 11 is 0. The molecule has 0 amide bonds. The molecule has 60 valence electrons. The van der Waals surface area contributed by atoms with Gasteiger partial charge in [0, 0.05) is 0 Å². The molecule has 0 spiro atoms. The van der Waals surface area contributed by atoms with Crippen molar-refractivity contribution >= 4 is 17.3 Å². The van der Waals surface area contributed by atoms with Crippen LogP contribution in [0.1, 0.15) is 10.5 Å². The zero-order valence-corrected chi connectivity index (χ0v) is 5.95. The van der Waals surface area contributed by atoms with E-state index in [1.807, 2.05) is 0 Å². The van der Waals surface area contributed by atoms with Gasteiger partial charge in [0.25, 0.3) is 0 Å². The molecule has 0 aliphatic heterocycles. The Labute approximate surface area is 66.8 Å². The van der Waals surface area contributed by atoms with Crippen molar-refractivity contribution < 1.29 is 13.7 Å². The molecule has 3 nitrogen and oxygen atoms in total. The van der Waals surface area contributed by atoms with Gasteiger partial charge in [0.05, 0.1) is 5.39 Å². The Morgan fingerprint density at radius 2 is 2.33 bits per heavy atom. The van der Waals surface area contributed by atoms with Crippen LogP contribution in [0.15, 0.2) is 22.7 Å². The maximum atomic E-state index is 12.6. The third-order valence-corrected chi connectivity index (χ3v) is 1.57. The maximum absolute atomic E-state index is 12.6. The average Bonchev–Trinajstić information content (AvgIpc) is 2.46. The number of nitrogens with zero attached hydrogens (tertiary/aromatic N) is 1. The largest absolute Gasteiger partial charge is 0.356 e. The van der Waals surface area contributed by atoms with Crippen LogP contribution < -0.4 is 0 Å². The molecule has 0 saturated heterocycles. The summed E-state index contributed by atoms with van der Waals surface area (Å²) in [6.45, 7) is 0. The number of hydrogen-bond acceptors (Lipinski definition) is 3. The summed E-state index contributed by atoms with van der Waals surface area (Å²) in [5.41, 5.74) is 0.544. The molecule has 0 N–H and O–H groups in total. The Balaban J connectivity index is 2.83. The van der Waals surface area contributed by atoms with Crippen LogP contribution in [0, 0.1) is 5.82 Å². The lowest BCUT2D eigenvalue weighted by Gasteiger charge is -1.86. The maximum Gasteiger partial charge on any atom is 0.172 e. The Bertz CT molecular complexity index is 436. The Kier molecular flexibility index (Phi) is 1.40. The number of aldehydes is 1. The fourth-order valence-electron chi connectivity index (χ4n) is 1.01. The van der Waals surface area contributed by atoms with Gasteiger partial charge in [-0.1, -0.05) is 5.16 Å². The molecule has 0 fully saturated rings. The molecule has 4 heteroatoms. The van der Waals surface area contributed by atoms with Crippen LogP contribution in [0.3, 0.4) is 0 Å². The normalized spacial score (nSPS) is 10.4. The van der Waals surface area contributed by atoms with Gasteiger partial charge in [-0.15, -0.1) is 0 Å². The molecule has 12 heavy (non-hydrogen) atoms. The number of halogens is 1. The summed E-state index contributed by atoms with van der Waals surface area (Å²) in [5, 5.41) is 3.85. The number of aromatic nitrogens is 1. The van der Waals surface area contributed by atoms with Gasteiger partial charge in [-0.3, -0.25) is 4.79 Å². The highest BCUT2D eigenvalue weighted by Crippen LogP contribution is 2.17. The fraction of sp³-hybridized carbons (Fsp3) is 0. The minimum absolute atomic E-state index is 0.129. The van der Waals surface area contributed by atoms with Crippen molar-refractivity contribution in [3.8, 4) is 0 Å². The van der Waals surface area contributed by atoms with Gasteiger partial charge < -0.3 is 4.52 Å². The molecule has 1 aromatic heterocycles. The highest BCUT2D eigenvalue weighted by atomic mass is 19.1. The second kappa shape index (κ2) is 2.41. The Morgan fingerprint density at radius 3 is 3.08 bits per heavy atom. The van der Waals surface area contributed by atoms with E-state index in [1.165, 1.54) is 18.2 Å². The fourth-order valence-corrected chi connectivity index (χ4v) is 1.01. The van der Waals surface area contributed by atoms with Crippen molar-refractivity contribution in [1.82, 2.24) is 5.16 Å². The molecule has 1 aromatic carbocycles. The van der Waals surface area contributed by atoms with Crippen molar-refractivity contribution in [2.75, 3.05) is 0 Å². The third kappa shape index (κ3) is 0.887. The van der Waals surface area contributed by atoms with Crippen molar-refractivity contribution in [2.24, 2.45) is 0 Å². The van der Waals surface area contributed by atoms with Gasteiger partial charge in [-0.05, 0) is 18.2 Å². The number of hydrogen-bond donors (Lipinski definition) is 0. The molecule has 2 aromatic rings. The Morgan fingerprint density at radius 1 is 1.50 bits per heavy atom. The lowest BCUT2D eigenvalue weighted by atomic mass is 10.2. The molecule has 0 aliphatic carbocycles. The highest BCUT2D eigenvalue weighted by Gasteiger charge is 2.06. The summed E-state index contributed by atoms with van der Waals surface area (Å²) in [4.78, 5) is 10.3. The second-order valence-electron chi connectivity index (χ2n) is 2.33. The molecular formula is C8H4FNO2. The summed E-state index contributed by atoms with van der Waals surface area (Å²) in [6.07, 6.45) is 0.533. The summed E-state index contributed by atoms with van der Waals surface area (Å²) in [7, 11) is 0. The van der Waals surface area contributed by atoms with Crippen LogP contribution in [-0.2, 0) is 0 Å². The highest BCUT2D eigenvalue weighted by molar-refractivity contribution is 5.93. The lowest BCUT2D eigenvalue weighted by Crippen LogP contribution is -1.79. The first-order valence-electron chi connectivity index (χ1n) is 3.31. The zero-order valence-electron chi connectivity index (χ0n) is 5.95. The summed E-state index contributed by atoms with van der Waals surface area (Å²) in [5.74, 6) is -0.409. The van der Waals surface area contributed by atoms with E-state index in [1.54, 1.807) is 0 Å². The van der Waals surface area contributed by atoms with Crippen LogP contribution in [0.2, 0.25) is 0 Å². The SMILES string of the molecule is O=Cc1noc2ccc(F)cc12. The third-order valence-electron chi connectivity index (χ3n) is 1.57. The van der Waals surface area contributed by atoms with Crippen molar-refractivity contribution in [1.29, 1.82) is 0 Å². The monoisotopic (exact) mass is 165 g/mol. The lowest BCUT2D eigenvalue weighted by molar-refractivity contribution is 0.111. The van der Waals surface area contributed by atoms with E-state index in [0.29, 0.717) is 17.3 Å². The van der Waals surface area contributed by atoms with E-state index < -0.39 is 5.82 Å². The molecule has 0 atom stereocenters. The summed E-state index contributed by atoms with van der Waals surface area (Å²) < 4.78 is 17.4. The Hall–Kier alpha value is -1.71. The molecule has 0 aliphatic rings. The van der Waals surface area contributed by atoms with Crippen LogP contribution in [-0.4, -0.2) is 11.4 Å². The van der Waals surface area contributed by atoms with E-state index >= 15 is 0 Å². The van der Waals surface area contributed by atoms with Crippen molar-refractivity contribution in [3.63, 3.8) is 0 Å². The van der Waals surface area contributed by atoms with Gasteiger partial charge in [-0.25, -0.2) is 4.39 Å². The quantitative estimate of drug-likeness (QED) is 0.605. The van der Waals surface area contributed by atoms with E-state index in [2.05, 4.69) is 5.16 Å². The summed E-state index contributed by atoms with van der Waals surface area (Å²) in [6, 6.07) is 3.91. The molecule has 0 unspecified atom stereocenters. The van der Waals surface area contributed by atoms with Crippen LogP contribution >= 0.6 is 0 Å². The van der Waals surface area contributed by atoms with Gasteiger partial charge >= 0.3 is 0 Å². The number of rotatable bonds is 1. The zero-order chi connectivity index (χ0) is 8.55.